The van der Waals surface area contributed by atoms with Crippen molar-refractivity contribution in [3.8, 4) is 0 Å². The second kappa shape index (κ2) is 33.7. The lowest BCUT2D eigenvalue weighted by molar-refractivity contribution is -0.140. The zero-order valence-corrected chi connectivity index (χ0v) is 35.0. The van der Waals surface area contributed by atoms with Crippen LogP contribution in [0.1, 0.15) is 174 Å². The molecule has 0 aliphatic carbocycles. The predicted octanol–water partition coefficient (Wildman–Crippen LogP) is 4.08. The highest BCUT2D eigenvalue weighted by Crippen LogP contribution is 2.15. The molecule has 0 aliphatic rings. The Morgan fingerprint density at radius 2 is 0.550 bits per heavy atom. The average molecular weight is 857 g/mol. The molecule has 19 nitrogen and oxygen atoms in total. The van der Waals surface area contributed by atoms with E-state index in [9.17, 15) is 63.3 Å². The molecule has 0 unspecified atom stereocenters. The van der Waals surface area contributed by atoms with Crippen LogP contribution in [0.4, 0.5) is 0 Å². The normalized spacial score (nSPS) is 12.9. The summed E-state index contributed by atoms with van der Waals surface area (Å²) in [6.07, 6.45) is 12.9. The summed E-state index contributed by atoms with van der Waals surface area (Å²) in [5, 5.41) is 54.8. The van der Waals surface area contributed by atoms with Crippen LogP contribution in [0.5, 0.6) is 0 Å². The van der Waals surface area contributed by atoms with E-state index in [1.807, 2.05) is 0 Å². The number of unbranched alkanes of at least 4 members (excludes halogenated alkanes) is 15. The third-order valence-electron chi connectivity index (χ3n) is 9.86. The van der Waals surface area contributed by atoms with Gasteiger partial charge in [0.05, 0.1) is 6.04 Å². The Kier molecular flexibility index (Phi) is 30.8. The van der Waals surface area contributed by atoms with E-state index in [1.54, 1.807) is 0 Å². The molecule has 0 saturated heterocycles. The van der Waals surface area contributed by atoms with Crippen molar-refractivity contribution in [1.82, 2.24) is 21.3 Å². The smallest absolute Gasteiger partial charge is 0.303 e. The molecule has 0 bridgehead atoms. The fraction of sp³-hybridized carbons (Fsp3) is 0.756. The molecule has 0 rings (SSSR count). The van der Waals surface area contributed by atoms with Crippen molar-refractivity contribution >= 4 is 59.3 Å². The molecule has 0 heterocycles. The van der Waals surface area contributed by atoms with Crippen molar-refractivity contribution in [3.63, 3.8) is 0 Å². The molecule has 0 aromatic carbocycles. The van der Waals surface area contributed by atoms with Gasteiger partial charge in [-0.2, -0.15) is 0 Å². The number of nitrogens with one attached hydrogen (secondary N) is 4. The van der Waals surface area contributed by atoms with Gasteiger partial charge in [-0.3, -0.25) is 47.9 Å². The number of carbonyl (C=O) groups excluding carboxylic acids is 5. The van der Waals surface area contributed by atoms with Gasteiger partial charge in [0.15, 0.2) is 5.78 Å². The Morgan fingerprint density at radius 3 is 0.833 bits per heavy atom. The fourth-order valence-corrected chi connectivity index (χ4v) is 6.37. The lowest BCUT2D eigenvalue weighted by atomic mass is 10.0. The van der Waals surface area contributed by atoms with Crippen molar-refractivity contribution in [2.45, 2.75) is 198 Å². The summed E-state index contributed by atoms with van der Waals surface area (Å²) in [4.78, 5) is 120. The van der Waals surface area contributed by atoms with Crippen LogP contribution in [0.25, 0.3) is 0 Å². The number of ketones is 1. The molecular weight excluding hydrogens is 788 g/mol. The third-order valence-corrected chi connectivity index (χ3v) is 9.86. The number of hydrogen-bond acceptors (Lipinski definition) is 10. The molecule has 0 aromatic rings. The molecule has 0 spiro atoms. The second-order valence-electron chi connectivity index (χ2n) is 15.2. The average Bonchev–Trinajstić information content (AvgIpc) is 3.16. The molecule has 0 radical (unpaired) electrons. The molecule has 0 aromatic heterocycles. The van der Waals surface area contributed by atoms with Crippen LogP contribution in [-0.2, 0) is 47.9 Å². The number of rotatable bonds is 39. The molecule has 19 heteroatoms. The molecule has 4 amide bonds. The SMILES string of the molecule is CC(=O)[C@H](CCC(=O)O)NC(=O)[C@H](CCC(=O)O)NC(=O)[C@H](CCC(=O)O)NC(=O)[C@H](CCC(=O)O)NC(=O)CCCCCCCCCCCCCCCCCCC(=O)O. The van der Waals surface area contributed by atoms with Crippen molar-refractivity contribution < 1.29 is 73.5 Å². The quantitative estimate of drug-likeness (QED) is 0.0393. The largest absolute Gasteiger partial charge is 0.481 e. The van der Waals surface area contributed by atoms with Crippen LogP contribution < -0.4 is 21.3 Å². The molecule has 342 valence electrons. The number of aliphatic carboxylic acids is 5. The van der Waals surface area contributed by atoms with Crippen LogP contribution in [0.2, 0.25) is 0 Å². The van der Waals surface area contributed by atoms with Gasteiger partial charge in [-0.1, -0.05) is 89.9 Å². The third kappa shape index (κ3) is 30.9. The first-order valence-electron chi connectivity index (χ1n) is 21.2. The molecule has 4 atom stereocenters. The summed E-state index contributed by atoms with van der Waals surface area (Å²) in [5.41, 5.74) is 0. The van der Waals surface area contributed by atoms with Crippen molar-refractivity contribution in [2.24, 2.45) is 0 Å². The van der Waals surface area contributed by atoms with Crippen molar-refractivity contribution in [2.75, 3.05) is 0 Å². The Bertz CT molecular complexity index is 1390. The fourth-order valence-electron chi connectivity index (χ4n) is 6.37. The van der Waals surface area contributed by atoms with E-state index < -0.39 is 122 Å². The standard InChI is InChI=1S/C41H68N4O15/c1-28(46)29(20-24-35(50)51)43-40(59)31(22-26-37(54)55)45-41(60)32(23-27-38(56)57)44-39(58)30(21-25-36(52)53)42-33(47)18-16-14-12-10-8-6-4-2-3-5-7-9-11-13-15-17-19-34(48)49/h29-32H,2-27H2,1H3,(H,42,47)(H,43,59)(H,44,58)(H,45,60)(H,48,49)(H,50,51)(H,52,53)(H,54,55)(H,56,57)/t29-,30-,31-,32-/m0/s1. The van der Waals surface area contributed by atoms with Gasteiger partial charge in [-0.25, -0.2) is 0 Å². The van der Waals surface area contributed by atoms with Gasteiger partial charge in [0.2, 0.25) is 23.6 Å². The maximum absolute atomic E-state index is 13.4. The topological polar surface area (TPSA) is 320 Å². The van der Waals surface area contributed by atoms with Crippen molar-refractivity contribution in [1.29, 1.82) is 0 Å². The minimum absolute atomic E-state index is 0.0518. The Labute approximate surface area is 351 Å². The Hall–Kier alpha value is -5.10. The van der Waals surface area contributed by atoms with E-state index in [0.717, 1.165) is 71.1 Å². The molecule has 60 heavy (non-hydrogen) atoms. The highest BCUT2D eigenvalue weighted by atomic mass is 16.4. The summed E-state index contributed by atoms with van der Waals surface area (Å²) in [7, 11) is 0. The monoisotopic (exact) mass is 856 g/mol. The molecule has 0 saturated carbocycles. The minimum Gasteiger partial charge on any atom is -0.481 e. The highest BCUT2D eigenvalue weighted by molar-refractivity contribution is 5.96. The number of carbonyl (C=O) groups is 10. The molecule has 9 N–H and O–H groups in total. The van der Waals surface area contributed by atoms with Crippen LogP contribution >= 0.6 is 0 Å². The summed E-state index contributed by atoms with van der Waals surface area (Å²) >= 11 is 0. The van der Waals surface area contributed by atoms with Crippen LogP contribution in [-0.4, -0.2) is 109 Å². The van der Waals surface area contributed by atoms with Gasteiger partial charge in [0.25, 0.3) is 0 Å². The zero-order chi connectivity index (χ0) is 45.3. The van der Waals surface area contributed by atoms with E-state index in [4.69, 9.17) is 10.2 Å². The zero-order valence-electron chi connectivity index (χ0n) is 35.0. The summed E-state index contributed by atoms with van der Waals surface area (Å²) in [6, 6.07) is -5.93. The lowest BCUT2D eigenvalue weighted by Crippen LogP contribution is -2.57. The summed E-state index contributed by atoms with van der Waals surface area (Å²) in [5.74, 6) is -10.2. The van der Waals surface area contributed by atoms with E-state index in [2.05, 4.69) is 21.3 Å². The Balaban J connectivity index is 5.09. The first-order chi connectivity index (χ1) is 28.4. The number of carboxylic acids is 5. The van der Waals surface area contributed by atoms with Gasteiger partial charge >= 0.3 is 29.8 Å². The molecule has 0 aliphatic heterocycles. The van der Waals surface area contributed by atoms with Gasteiger partial charge in [-0.15, -0.1) is 0 Å². The highest BCUT2D eigenvalue weighted by Gasteiger charge is 2.32. The molecular formula is C41H68N4O15. The van der Waals surface area contributed by atoms with E-state index in [-0.39, 0.29) is 25.7 Å². The Morgan fingerprint density at radius 1 is 0.317 bits per heavy atom. The predicted molar refractivity (Wildman–Crippen MR) is 217 cm³/mol. The number of Topliss-reactive ketones (excluding diaryl/α,β-unsaturated/α-hetero) is 1. The number of hydrogen-bond donors (Lipinski definition) is 9. The lowest BCUT2D eigenvalue weighted by Gasteiger charge is -2.26. The molecule has 0 fully saturated rings. The van der Waals surface area contributed by atoms with Gasteiger partial charge in [-0.05, 0) is 45.4 Å². The summed E-state index contributed by atoms with van der Waals surface area (Å²) < 4.78 is 0. The maximum atomic E-state index is 13.4. The van der Waals surface area contributed by atoms with Gasteiger partial charge in [0.1, 0.15) is 18.1 Å². The van der Waals surface area contributed by atoms with Crippen LogP contribution in [0.15, 0.2) is 0 Å². The minimum atomic E-state index is -1.63. The number of carboxylic acid groups (broad SMARTS) is 5. The first-order valence-corrected chi connectivity index (χ1v) is 21.2. The first kappa shape index (κ1) is 54.9. The second-order valence-corrected chi connectivity index (χ2v) is 15.2. The van der Waals surface area contributed by atoms with E-state index in [1.165, 1.54) is 32.1 Å². The van der Waals surface area contributed by atoms with Crippen LogP contribution in [0, 0.1) is 0 Å². The maximum Gasteiger partial charge on any atom is 0.303 e. The van der Waals surface area contributed by atoms with Gasteiger partial charge in [0, 0.05) is 38.5 Å². The van der Waals surface area contributed by atoms with Crippen molar-refractivity contribution in [3.05, 3.63) is 0 Å². The van der Waals surface area contributed by atoms with E-state index >= 15 is 0 Å². The van der Waals surface area contributed by atoms with Gasteiger partial charge < -0.3 is 46.8 Å². The number of amides is 4. The van der Waals surface area contributed by atoms with E-state index in [0.29, 0.717) is 6.42 Å². The van der Waals surface area contributed by atoms with Crippen LogP contribution in [0.3, 0.4) is 0 Å². The summed E-state index contributed by atoms with van der Waals surface area (Å²) in [6.45, 7) is 1.10.